The van der Waals surface area contributed by atoms with E-state index in [9.17, 15) is 13.2 Å². The van der Waals surface area contributed by atoms with Gasteiger partial charge >= 0.3 is 0 Å². The van der Waals surface area contributed by atoms with Crippen molar-refractivity contribution >= 4 is 37.3 Å². The lowest BCUT2D eigenvalue weighted by atomic mass is 10.0. The second kappa shape index (κ2) is 8.71. The second-order valence-electron chi connectivity index (χ2n) is 7.99. The minimum atomic E-state index is -3.63. The average Bonchev–Trinajstić information content (AvgIpc) is 3.26. The van der Waals surface area contributed by atoms with Crippen molar-refractivity contribution in [3.8, 4) is 11.5 Å². The number of hydrogen-bond donors (Lipinski definition) is 0. The molecule has 2 aliphatic rings. The van der Waals surface area contributed by atoms with E-state index in [0.29, 0.717) is 31.3 Å². The van der Waals surface area contributed by atoms with Gasteiger partial charge < -0.3 is 14.4 Å². The number of likely N-dealkylation sites (tertiary alicyclic amines) is 1. The van der Waals surface area contributed by atoms with Crippen LogP contribution < -0.4 is 9.47 Å². The monoisotopic (exact) mass is 472 g/mol. The van der Waals surface area contributed by atoms with Gasteiger partial charge in [-0.1, -0.05) is 12.1 Å². The van der Waals surface area contributed by atoms with E-state index in [4.69, 9.17) is 14.5 Å². The third-order valence-corrected chi connectivity index (χ3v) is 8.73. The summed E-state index contributed by atoms with van der Waals surface area (Å²) in [6.45, 7) is 1.46. The number of rotatable bonds is 5. The Bertz CT molecular complexity index is 1220. The number of aromatic nitrogens is 1. The van der Waals surface area contributed by atoms with Gasteiger partial charge in [-0.2, -0.15) is 0 Å². The fourth-order valence-corrected chi connectivity index (χ4v) is 6.58. The molecule has 0 spiro atoms. The molecule has 0 aliphatic carbocycles. The number of thiazole rings is 1. The maximum absolute atomic E-state index is 13.1. The van der Waals surface area contributed by atoms with Crippen molar-refractivity contribution in [1.29, 1.82) is 0 Å². The van der Waals surface area contributed by atoms with Crippen molar-refractivity contribution in [2.75, 3.05) is 25.5 Å². The summed E-state index contributed by atoms with van der Waals surface area (Å²) in [7, 11) is -3.63. The fourth-order valence-electron chi connectivity index (χ4n) is 4.22. The number of hydrogen-bond acceptors (Lipinski definition) is 7. The molecule has 168 valence electrons. The number of fused-ring (bicyclic) bond motifs is 2. The van der Waals surface area contributed by atoms with Gasteiger partial charge in [0, 0.05) is 19.0 Å². The van der Waals surface area contributed by atoms with E-state index in [2.05, 4.69) is 0 Å². The molecule has 7 nitrogen and oxygen atoms in total. The Kier molecular flexibility index (Phi) is 5.77. The first-order valence-corrected chi connectivity index (χ1v) is 13.3. The first-order chi connectivity index (χ1) is 15.5. The van der Waals surface area contributed by atoms with E-state index in [1.54, 1.807) is 17.4 Å². The van der Waals surface area contributed by atoms with Crippen LogP contribution >= 0.6 is 11.3 Å². The molecule has 32 heavy (non-hydrogen) atoms. The highest BCUT2D eigenvalue weighted by Crippen LogP contribution is 2.36. The molecule has 1 amide bonds. The quantitative estimate of drug-likeness (QED) is 0.558. The lowest BCUT2D eigenvalue weighted by molar-refractivity contribution is -0.134. The highest BCUT2D eigenvalue weighted by molar-refractivity contribution is 7.91. The van der Waals surface area contributed by atoms with Crippen LogP contribution in [-0.4, -0.2) is 49.7 Å². The molecule has 5 rings (SSSR count). The molecule has 0 bridgehead atoms. The van der Waals surface area contributed by atoms with Gasteiger partial charge in [0.05, 0.1) is 26.9 Å². The van der Waals surface area contributed by atoms with Crippen molar-refractivity contribution < 1.29 is 22.7 Å². The number of nitrogens with zero attached hydrogens (tertiary/aromatic N) is 2. The molecule has 0 saturated carbocycles. The highest BCUT2D eigenvalue weighted by atomic mass is 32.2. The molecule has 3 heterocycles. The third-order valence-electron chi connectivity index (χ3n) is 5.88. The van der Waals surface area contributed by atoms with Crippen LogP contribution in [0.15, 0.2) is 47.4 Å². The smallest absolute Gasteiger partial charge is 0.224 e. The van der Waals surface area contributed by atoms with Crippen molar-refractivity contribution in [2.24, 2.45) is 0 Å². The summed E-state index contributed by atoms with van der Waals surface area (Å²) in [5.41, 5.74) is 0.937. The van der Waals surface area contributed by atoms with Gasteiger partial charge in [-0.15, -0.1) is 11.3 Å². The molecule has 9 heteroatoms. The molecule has 0 N–H and O–H groups in total. The number of amides is 1. The fraction of sp³-hybridized carbons (Fsp3) is 0.391. The zero-order chi connectivity index (χ0) is 22.1. The Morgan fingerprint density at radius 3 is 2.75 bits per heavy atom. The summed E-state index contributed by atoms with van der Waals surface area (Å²) >= 11 is 1.61. The van der Waals surface area contributed by atoms with E-state index in [-0.39, 0.29) is 29.0 Å². The first-order valence-electron chi connectivity index (χ1n) is 10.8. The van der Waals surface area contributed by atoms with Gasteiger partial charge in [0.15, 0.2) is 21.3 Å². The van der Waals surface area contributed by atoms with Crippen molar-refractivity contribution in [2.45, 2.75) is 36.6 Å². The van der Waals surface area contributed by atoms with E-state index < -0.39 is 9.84 Å². The predicted octanol–water partition coefficient (Wildman–Crippen LogP) is 3.99. The Morgan fingerprint density at radius 1 is 1.09 bits per heavy atom. The van der Waals surface area contributed by atoms with Gasteiger partial charge in [-0.3, -0.25) is 4.79 Å². The summed E-state index contributed by atoms with van der Waals surface area (Å²) in [5.74, 6) is 0.582. The summed E-state index contributed by atoms with van der Waals surface area (Å²) in [6, 6.07) is 12.5. The van der Waals surface area contributed by atoms with Crippen LogP contribution in [0, 0.1) is 0 Å². The second-order valence-corrected chi connectivity index (χ2v) is 11.2. The molecule has 0 radical (unpaired) electrons. The van der Waals surface area contributed by atoms with Crippen LogP contribution in [0.2, 0.25) is 0 Å². The molecule has 1 fully saturated rings. The molecule has 3 aromatic rings. The molecule has 1 aromatic heterocycles. The number of sulfone groups is 1. The van der Waals surface area contributed by atoms with Crippen LogP contribution in [0.5, 0.6) is 11.5 Å². The number of para-hydroxylation sites is 1. The number of piperidine rings is 1. The Hall–Kier alpha value is -2.65. The Balaban J connectivity index is 1.30. The molecule has 2 aliphatic heterocycles. The largest absolute Gasteiger partial charge is 0.486 e. The number of benzene rings is 2. The van der Waals surface area contributed by atoms with Crippen molar-refractivity contribution in [1.82, 2.24) is 9.88 Å². The van der Waals surface area contributed by atoms with Gasteiger partial charge in [0.1, 0.15) is 18.2 Å². The predicted molar refractivity (Wildman–Crippen MR) is 122 cm³/mol. The lowest BCUT2D eigenvalue weighted by Gasteiger charge is -2.34. The van der Waals surface area contributed by atoms with Crippen LogP contribution in [0.25, 0.3) is 10.2 Å². The summed E-state index contributed by atoms with van der Waals surface area (Å²) < 4.78 is 37.8. The van der Waals surface area contributed by atoms with Gasteiger partial charge in [-0.25, -0.2) is 13.4 Å². The molecular formula is C23H24N2O5S2. The standard InChI is InChI=1S/C23H24N2O5S2/c26-22(10-14-32(27,28)16-8-9-19-20(15-16)30-13-12-29-19)25-11-4-3-6-18(25)23-24-17-5-1-2-7-21(17)31-23/h1-2,5,7-9,15,18H,3-4,6,10-14H2. The third kappa shape index (κ3) is 4.19. The van der Waals surface area contributed by atoms with Crippen molar-refractivity contribution in [3.63, 3.8) is 0 Å². The summed E-state index contributed by atoms with van der Waals surface area (Å²) in [5, 5.41) is 0.925. The number of ether oxygens (including phenoxy) is 2. The SMILES string of the molecule is O=C(CCS(=O)(=O)c1ccc2c(c1)OCCO2)N1CCCCC1c1nc2ccccc2s1. The lowest BCUT2D eigenvalue weighted by Crippen LogP contribution is -2.39. The Morgan fingerprint density at radius 2 is 1.91 bits per heavy atom. The van der Waals surface area contributed by atoms with Gasteiger partial charge in [0.25, 0.3) is 0 Å². The van der Waals surface area contributed by atoms with Crippen LogP contribution in [0.4, 0.5) is 0 Å². The van der Waals surface area contributed by atoms with Gasteiger partial charge in [-0.05, 0) is 43.5 Å². The van der Waals surface area contributed by atoms with Crippen molar-refractivity contribution in [3.05, 3.63) is 47.5 Å². The highest BCUT2D eigenvalue weighted by Gasteiger charge is 2.31. The van der Waals surface area contributed by atoms with Crippen LogP contribution in [0.1, 0.15) is 36.7 Å². The zero-order valence-corrected chi connectivity index (χ0v) is 19.2. The molecular weight excluding hydrogens is 448 g/mol. The Labute approximate surface area is 190 Å². The van der Waals surface area contributed by atoms with Crippen LogP contribution in [-0.2, 0) is 14.6 Å². The minimum Gasteiger partial charge on any atom is -0.486 e. The first kappa shape index (κ1) is 21.2. The van der Waals surface area contributed by atoms with Crippen LogP contribution in [0.3, 0.4) is 0 Å². The minimum absolute atomic E-state index is 0.0574. The van der Waals surface area contributed by atoms with Gasteiger partial charge in [0.2, 0.25) is 5.91 Å². The zero-order valence-electron chi connectivity index (χ0n) is 17.5. The maximum Gasteiger partial charge on any atom is 0.224 e. The van der Waals surface area contributed by atoms with E-state index >= 15 is 0 Å². The molecule has 2 aromatic carbocycles. The molecule has 1 unspecified atom stereocenters. The summed E-state index contributed by atoms with van der Waals surface area (Å²) in [6.07, 6.45) is 2.74. The molecule has 1 saturated heterocycles. The normalized spacial score (nSPS) is 18.6. The number of carbonyl (C=O) groups excluding carboxylic acids is 1. The number of carbonyl (C=O) groups is 1. The van der Waals surface area contributed by atoms with E-state index in [1.165, 1.54) is 12.1 Å². The van der Waals surface area contributed by atoms with E-state index in [1.807, 2.05) is 29.2 Å². The molecule has 1 atom stereocenters. The summed E-state index contributed by atoms with van der Waals surface area (Å²) in [4.78, 5) is 19.8. The topological polar surface area (TPSA) is 85.8 Å². The van der Waals surface area contributed by atoms with E-state index in [0.717, 1.165) is 34.5 Å². The average molecular weight is 473 g/mol. The maximum atomic E-state index is 13.1.